The first kappa shape index (κ1) is 19.5. The van der Waals surface area contributed by atoms with E-state index in [4.69, 9.17) is 18.9 Å². The average molecular weight is 389 g/mol. The highest BCUT2D eigenvalue weighted by Crippen LogP contribution is 2.32. The summed E-state index contributed by atoms with van der Waals surface area (Å²) in [5.41, 5.74) is -0.859. The van der Waals surface area contributed by atoms with Gasteiger partial charge in [0.1, 0.15) is 24.8 Å². The standard InChI is InChI=1S/C20H20FNO6/c1-20(2,28-15-6-3-13(21)4-7-15)19(24)27-12-18(23)22-14-5-8-16-17(11-14)26-10-9-25-16/h3-8,11H,9-10,12H2,1-2H3,(H,22,23). The van der Waals surface area contributed by atoms with Gasteiger partial charge in [0, 0.05) is 11.8 Å². The first-order valence-electron chi connectivity index (χ1n) is 8.65. The molecule has 0 aromatic heterocycles. The Morgan fingerprint density at radius 3 is 2.46 bits per heavy atom. The van der Waals surface area contributed by atoms with Gasteiger partial charge in [-0.1, -0.05) is 0 Å². The molecule has 1 heterocycles. The predicted octanol–water partition coefficient (Wildman–Crippen LogP) is 2.94. The van der Waals surface area contributed by atoms with Gasteiger partial charge >= 0.3 is 5.97 Å². The van der Waals surface area contributed by atoms with Crippen molar-refractivity contribution in [3.8, 4) is 17.2 Å². The van der Waals surface area contributed by atoms with Crippen LogP contribution in [0.1, 0.15) is 13.8 Å². The number of esters is 1. The van der Waals surface area contributed by atoms with E-state index in [-0.39, 0.29) is 0 Å². The number of ether oxygens (including phenoxy) is 4. The highest BCUT2D eigenvalue weighted by molar-refractivity contribution is 5.93. The van der Waals surface area contributed by atoms with Crippen LogP contribution in [0.4, 0.5) is 10.1 Å². The normalized spacial score (nSPS) is 12.8. The Morgan fingerprint density at radius 1 is 1.07 bits per heavy atom. The van der Waals surface area contributed by atoms with Crippen molar-refractivity contribution in [2.45, 2.75) is 19.4 Å². The summed E-state index contributed by atoms with van der Waals surface area (Å²) in [7, 11) is 0. The molecule has 0 bridgehead atoms. The highest BCUT2D eigenvalue weighted by Gasteiger charge is 2.32. The molecule has 1 aliphatic rings. The van der Waals surface area contributed by atoms with Crippen LogP contribution < -0.4 is 19.5 Å². The zero-order valence-electron chi connectivity index (χ0n) is 15.5. The van der Waals surface area contributed by atoms with Crippen LogP contribution in [0, 0.1) is 5.82 Å². The monoisotopic (exact) mass is 389 g/mol. The van der Waals surface area contributed by atoms with Gasteiger partial charge in [-0.15, -0.1) is 0 Å². The van der Waals surface area contributed by atoms with Gasteiger partial charge < -0.3 is 24.3 Å². The summed E-state index contributed by atoms with van der Waals surface area (Å²) in [5.74, 6) is -0.199. The summed E-state index contributed by atoms with van der Waals surface area (Å²) in [6.45, 7) is 3.42. The van der Waals surface area contributed by atoms with E-state index in [1.165, 1.54) is 38.1 Å². The number of nitrogens with one attached hydrogen (secondary N) is 1. The zero-order valence-corrected chi connectivity index (χ0v) is 15.5. The SMILES string of the molecule is CC(C)(Oc1ccc(F)cc1)C(=O)OCC(=O)Nc1ccc2c(c1)OCCO2. The van der Waals surface area contributed by atoms with Gasteiger partial charge in [0.2, 0.25) is 0 Å². The fraction of sp³-hybridized carbons (Fsp3) is 0.300. The van der Waals surface area contributed by atoms with Gasteiger partial charge in [0.05, 0.1) is 0 Å². The fourth-order valence-electron chi connectivity index (χ4n) is 2.46. The summed E-state index contributed by atoms with van der Waals surface area (Å²) in [6, 6.07) is 10.2. The highest BCUT2D eigenvalue weighted by atomic mass is 19.1. The minimum atomic E-state index is -1.35. The van der Waals surface area contributed by atoms with E-state index in [9.17, 15) is 14.0 Å². The number of fused-ring (bicyclic) bond motifs is 1. The van der Waals surface area contributed by atoms with Crippen LogP contribution in [0.15, 0.2) is 42.5 Å². The lowest BCUT2D eigenvalue weighted by atomic mass is 10.1. The number of rotatable bonds is 6. The molecule has 0 unspecified atom stereocenters. The lowest BCUT2D eigenvalue weighted by Gasteiger charge is -2.24. The minimum Gasteiger partial charge on any atom is -0.486 e. The largest absolute Gasteiger partial charge is 0.486 e. The van der Waals surface area contributed by atoms with Crippen LogP contribution >= 0.6 is 0 Å². The molecular formula is C20H20FNO6. The first-order valence-corrected chi connectivity index (χ1v) is 8.65. The average Bonchev–Trinajstić information content (AvgIpc) is 2.67. The molecule has 0 radical (unpaired) electrons. The quantitative estimate of drug-likeness (QED) is 0.765. The van der Waals surface area contributed by atoms with Gasteiger partial charge in [-0.05, 0) is 50.2 Å². The molecule has 0 aliphatic carbocycles. The van der Waals surface area contributed by atoms with Crippen molar-refractivity contribution < 1.29 is 32.9 Å². The van der Waals surface area contributed by atoms with Gasteiger partial charge in [0.15, 0.2) is 23.7 Å². The number of hydrogen-bond donors (Lipinski definition) is 1. The Bertz CT molecular complexity index is 865. The molecule has 28 heavy (non-hydrogen) atoms. The van der Waals surface area contributed by atoms with Crippen LogP contribution in [0.2, 0.25) is 0 Å². The van der Waals surface area contributed by atoms with E-state index >= 15 is 0 Å². The van der Waals surface area contributed by atoms with Crippen molar-refractivity contribution in [1.29, 1.82) is 0 Å². The maximum absolute atomic E-state index is 13.0. The molecule has 7 nitrogen and oxygen atoms in total. The number of benzene rings is 2. The van der Waals surface area contributed by atoms with Gasteiger partial charge in [-0.25, -0.2) is 9.18 Å². The number of amides is 1. The van der Waals surface area contributed by atoms with E-state index < -0.39 is 29.9 Å². The van der Waals surface area contributed by atoms with Crippen molar-refractivity contribution in [3.05, 3.63) is 48.3 Å². The molecule has 0 saturated heterocycles. The van der Waals surface area contributed by atoms with Gasteiger partial charge in [0.25, 0.3) is 5.91 Å². The molecule has 3 rings (SSSR count). The number of anilines is 1. The molecule has 148 valence electrons. The molecule has 1 N–H and O–H groups in total. The van der Waals surface area contributed by atoms with E-state index in [2.05, 4.69) is 5.32 Å². The number of halogens is 1. The Morgan fingerprint density at radius 2 is 1.75 bits per heavy atom. The van der Waals surface area contributed by atoms with Crippen molar-refractivity contribution in [2.24, 2.45) is 0 Å². The van der Waals surface area contributed by atoms with Crippen LogP contribution in [0.3, 0.4) is 0 Å². The summed E-state index contributed by atoms with van der Waals surface area (Å²) >= 11 is 0. The molecule has 0 saturated carbocycles. The number of carbonyl (C=O) groups excluding carboxylic acids is 2. The Labute approximate surface area is 161 Å². The molecule has 0 fully saturated rings. The molecule has 0 atom stereocenters. The third-order valence-electron chi connectivity index (χ3n) is 3.84. The topological polar surface area (TPSA) is 83.1 Å². The summed E-state index contributed by atoms with van der Waals surface area (Å²) in [6.07, 6.45) is 0. The van der Waals surface area contributed by atoms with E-state index in [0.29, 0.717) is 36.1 Å². The lowest BCUT2D eigenvalue weighted by Crippen LogP contribution is -2.41. The van der Waals surface area contributed by atoms with Crippen molar-refractivity contribution in [2.75, 3.05) is 25.1 Å². The second kappa shape index (κ2) is 8.16. The first-order chi connectivity index (χ1) is 13.3. The minimum absolute atomic E-state index is 0.309. The third-order valence-corrected chi connectivity index (χ3v) is 3.84. The zero-order chi connectivity index (χ0) is 20.1. The number of hydrogen-bond acceptors (Lipinski definition) is 6. The van der Waals surface area contributed by atoms with Crippen molar-refractivity contribution >= 4 is 17.6 Å². The fourth-order valence-corrected chi connectivity index (χ4v) is 2.46. The smallest absolute Gasteiger partial charge is 0.350 e. The van der Waals surface area contributed by atoms with Gasteiger partial charge in [-0.2, -0.15) is 0 Å². The second-order valence-electron chi connectivity index (χ2n) is 6.55. The van der Waals surface area contributed by atoms with Crippen LogP contribution in [0.5, 0.6) is 17.2 Å². The van der Waals surface area contributed by atoms with Crippen LogP contribution in [0.25, 0.3) is 0 Å². The van der Waals surface area contributed by atoms with E-state index in [0.717, 1.165) is 0 Å². The maximum atomic E-state index is 13.0. The third kappa shape index (κ3) is 4.91. The summed E-state index contributed by atoms with van der Waals surface area (Å²) in [5, 5.41) is 2.62. The maximum Gasteiger partial charge on any atom is 0.350 e. The predicted molar refractivity (Wildman–Crippen MR) is 98.1 cm³/mol. The van der Waals surface area contributed by atoms with Crippen molar-refractivity contribution in [3.63, 3.8) is 0 Å². The Hall–Kier alpha value is -3.29. The molecular weight excluding hydrogens is 369 g/mol. The van der Waals surface area contributed by atoms with Crippen molar-refractivity contribution in [1.82, 2.24) is 0 Å². The van der Waals surface area contributed by atoms with E-state index in [1.54, 1.807) is 18.2 Å². The van der Waals surface area contributed by atoms with Crippen LogP contribution in [-0.4, -0.2) is 37.3 Å². The molecule has 2 aromatic carbocycles. The van der Waals surface area contributed by atoms with E-state index in [1.807, 2.05) is 0 Å². The molecule has 2 aromatic rings. The molecule has 1 amide bonds. The lowest BCUT2D eigenvalue weighted by molar-refractivity contribution is -0.161. The number of carbonyl (C=O) groups is 2. The second-order valence-corrected chi connectivity index (χ2v) is 6.55. The molecule has 0 spiro atoms. The molecule has 8 heteroatoms. The van der Waals surface area contributed by atoms with Gasteiger partial charge in [-0.3, -0.25) is 4.79 Å². The Balaban J connectivity index is 1.51. The molecule has 1 aliphatic heterocycles. The summed E-state index contributed by atoms with van der Waals surface area (Å²) in [4.78, 5) is 24.3. The van der Waals surface area contributed by atoms with Crippen LogP contribution in [-0.2, 0) is 14.3 Å². The summed E-state index contributed by atoms with van der Waals surface area (Å²) < 4.78 is 34.4. The Kier molecular flexibility index (Phi) is 5.67.